The van der Waals surface area contributed by atoms with Crippen molar-refractivity contribution in [3.8, 4) is 0 Å². The molecule has 96 valence electrons. The van der Waals surface area contributed by atoms with Gasteiger partial charge in [-0.15, -0.1) is 0 Å². The van der Waals surface area contributed by atoms with Gasteiger partial charge in [0.15, 0.2) is 0 Å². The Morgan fingerprint density at radius 1 is 1.59 bits per heavy atom. The van der Waals surface area contributed by atoms with Gasteiger partial charge in [-0.25, -0.2) is 9.59 Å². The number of amides is 3. The number of aliphatic carboxylic acids is 1. The standard InChI is InChI=1S/C10H17N3O4/c1-2-6(9(15)16)12-10(17)13-7-4-3-5-11-8(7)14/h6-7H,2-5H2,1H3,(H,11,14)(H,15,16)(H2,12,13,17). The third kappa shape index (κ3) is 3.93. The van der Waals surface area contributed by atoms with E-state index in [4.69, 9.17) is 5.11 Å². The lowest BCUT2D eigenvalue weighted by atomic mass is 10.1. The number of urea groups is 1. The lowest BCUT2D eigenvalue weighted by Crippen LogP contribution is -2.55. The molecule has 0 aromatic heterocycles. The molecule has 0 spiro atoms. The van der Waals surface area contributed by atoms with Crippen LogP contribution < -0.4 is 16.0 Å². The number of carboxylic acid groups (broad SMARTS) is 1. The number of hydrogen-bond donors (Lipinski definition) is 4. The summed E-state index contributed by atoms with van der Waals surface area (Å²) in [6.45, 7) is 2.28. The molecule has 4 N–H and O–H groups in total. The minimum absolute atomic E-state index is 0.227. The normalized spacial score (nSPS) is 21.2. The van der Waals surface area contributed by atoms with Crippen molar-refractivity contribution in [1.29, 1.82) is 0 Å². The number of piperidine rings is 1. The number of carbonyl (C=O) groups excluding carboxylic acids is 2. The van der Waals surface area contributed by atoms with Crippen LogP contribution in [0.4, 0.5) is 4.79 Å². The molecule has 0 aromatic carbocycles. The molecule has 1 heterocycles. The zero-order chi connectivity index (χ0) is 12.8. The van der Waals surface area contributed by atoms with E-state index in [1.165, 1.54) is 0 Å². The van der Waals surface area contributed by atoms with Crippen molar-refractivity contribution in [2.24, 2.45) is 0 Å². The molecule has 2 atom stereocenters. The van der Waals surface area contributed by atoms with Crippen LogP contribution in [0.3, 0.4) is 0 Å². The predicted octanol–water partition coefficient (Wildman–Crippen LogP) is -0.573. The number of nitrogens with one attached hydrogen (secondary N) is 3. The molecule has 7 nitrogen and oxygen atoms in total. The van der Waals surface area contributed by atoms with Crippen LogP contribution >= 0.6 is 0 Å². The smallest absolute Gasteiger partial charge is 0.326 e. The largest absolute Gasteiger partial charge is 0.480 e. The van der Waals surface area contributed by atoms with E-state index >= 15 is 0 Å². The summed E-state index contributed by atoms with van der Waals surface area (Å²) in [5.74, 6) is -1.31. The number of rotatable bonds is 4. The van der Waals surface area contributed by atoms with Crippen molar-refractivity contribution in [2.45, 2.75) is 38.3 Å². The maximum atomic E-state index is 11.5. The topological polar surface area (TPSA) is 108 Å². The van der Waals surface area contributed by atoms with Gasteiger partial charge >= 0.3 is 12.0 Å². The number of hydrogen-bond acceptors (Lipinski definition) is 3. The molecule has 0 aromatic rings. The first kappa shape index (κ1) is 13.3. The van der Waals surface area contributed by atoms with Crippen LogP contribution in [0.15, 0.2) is 0 Å². The molecule has 1 fully saturated rings. The second kappa shape index (κ2) is 6.07. The van der Waals surface area contributed by atoms with Crippen LogP contribution in [-0.2, 0) is 9.59 Å². The molecule has 0 aliphatic carbocycles. The molecule has 17 heavy (non-hydrogen) atoms. The molecule has 0 radical (unpaired) electrons. The Balaban J connectivity index is 2.42. The summed E-state index contributed by atoms with van der Waals surface area (Å²) in [5, 5.41) is 16.2. The maximum Gasteiger partial charge on any atom is 0.326 e. The van der Waals surface area contributed by atoms with Gasteiger partial charge in [0.2, 0.25) is 5.91 Å². The van der Waals surface area contributed by atoms with Crippen LogP contribution in [0.5, 0.6) is 0 Å². The molecular weight excluding hydrogens is 226 g/mol. The van der Waals surface area contributed by atoms with Crippen molar-refractivity contribution in [2.75, 3.05) is 6.54 Å². The van der Waals surface area contributed by atoms with E-state index in [0.717, 1.165) is 6.42 Å². The van der Waals surface area contributed by atoms with Gasteiger partial charge in [-0.2, -0.15) is 0 Å². The van der Waals surface area contributed by atoms with Crippen LogP contribution in [0, 0.1) is 0 Å². The van der Waals surface area contributed by atoms with Crippen molar-refractivity contribution in [3.05, 3.63) is 0 Å². The second-order valence-corrected chi connectivity index (χ2v) is 3.90. The summed E-state index contributed by atoms with van der Waals surface area (Å²) in [4.78, 5) is 33.5. The SMILES string of the molecule is CCC(NC(=O)NC1CCCNC1=O)C(=O)O. The molecule has 1 aliphatic heterocycles. The molecule has 7 heteroatoms. The molecule has 1 rings (SSSR count). The van der Waals surface area contributed by atoms with Gasteiger partial charge < -0.3 is 21.1 Å². The third-order valence-corrected chi connectivity index (χ3v) is 2.60. The van der Waals surface area contributed by atoms with E-state index in [0.29, 0.717) is 19.4 Å². The van der Waals surface area contributed by atoms with Crippen molar-refractivity contribution in [3.63, 3.8) is 0 Å². The van der Waals surface area contributed by atoms with Crippen LogP contribution in [0.25, 0.3) is 0 Å². The van der Waals surface area contributed by atoms with Crippen LogP contribution in [0.2, 0.25) is 0 Å². The Labute approximate surface area is 98.9 Å². The van der Waals surface area contributed by atoms with Gasteiger partial charge in [0.05, 0.1) is 0 Å². The van der Waals surface area contributed by atoms with Gasteiger partial charge in [-0.1, -0.05) is 6.92 Å². The second-order valence-electron chi connectivity index (χ2n) is 3.90. The summed E-state index contributed by atoms with van der Waals surface area (Å²) >= 11 is 0. The van der Waals surface area contributed by atoms with E-state index < -0.39 is 24.1 Å². The Bertz CT molecular complexity index is 319. The highest BCUT2D eigenvalue weighted by molar-refractivity contribution is 5.89. The quantitative estimate of drug-likeness (QED) is 0.530. The van der Waals surface area contributed by atoms with Crippen LogP contribution in [0.1, 0.15) is 26.2 Å². The first-order chi connectivity index (χ1) is 8.04. The minimum atomic E-state index is -1.09. The summed E-state index contributed by atoms with van der Waals surface area (Å²) in [6.07, 6.45) is 1.66. The lowest BCUT2D eigenvalue weighted by molar-refractivity contribution is -0.139. The van der Waals surface area contributed by atoms with Gasteiger partial charge in [0, 0.05) is 6.54 Å². The molecule has 0 saturated carbocycles. The molecule has 3 amide bonds. The van der Waals surface area contributed by atoms with E-state index in [9.17, 15) is 14.4 Å². The predicted molar refractivity (Wildman–Crippen MR) is 59.4 cm³/mol. The summed E-state index contributed by atoms with van der Waals surface area (Å²) < 4.78 is 0. The van der Waals surface area contributed by atoms with Gasteiger partial charge in [-0.05, 0) is 19.3 Å². The minimum Gasteiger partial charge on any atom is -0.480 e. The van der Waals surface area contributed by atoms with Crippen molar-refractivity contribution >= 4 is 17.9 Å². The summed E-state index contributed by atoms with van der Waals surface area (Å²) in [7, 11) is 0. The van der Waals surface area contributed by atoms with E-state index in [2.05, 4.69) is 16.0 Å². The highest BCUT2D eigenvalue weighted by atomic mass is 16.4. The molecule has 2 unspecified atom stereocenters. The first-order valence-electron chi connectivity index (χ1n) is 5.62. The summed E-state index contributed by atoms with van der Waals surface area (Å²) in [6, 6.07) is -2.13. The highest BCUT2D eigenvalue weighted by Gasteiger charge is 2.25. The Hall–Kier alpha value is -1.79. The fraction of sp³-hybridized carbons (Fsp3) is 0.700. The van der Waals surface area contributed by atoms with Crippen molar-refractivity contribution < 1.29 is 19.5 Å². The lowest BCUT2D eigenvalue weighted by Gasteiger charge is -2.23. The number of carboxylic acids is 1. The first-order valence-corrected chi connectivity index (χ1v) is 5.62. The average molecular weight is 243 g/mol. The zero-order valence-corrected chi connectivity index (χ0v) is 9.66. The van der Waals surface area contributed by atoms with E-state index in [1.807, 2.05) is 0 Å². The fourth-order valence-corrected chi connectivity index (χ4v) is 1.61. The molecule has 1 aliphatic rings. The zero-order valence-electron chi connectivity index (χ0n) is 9.66. The fourth-order valence-electron chi connectivity index (χ4n) is 1.61. The van der Waals surface area contributed by atoms with Gasteiger partial charge in [-0.3, -0.25) is 4.79 Å². The van der Waals surface area contributed by atoms with Gasteiger partial charge in [0.1, 0.15) is 12.1 Å². The molecular formula is C10H17N3O4. The Morgan fingerprint density at radius 2 is 2.29 bits per heavy atom. The van der Waals surface area contributed by atoms with Crippen molar-refractivity contribution in [1.82, 2.24) is 16.0 Å². The summed E-state index contributed by atoms with van der Waals surface area (Å²) in [5.41, 5.74) is 0. The monoisotopic (exact) mass is 243 g/mol. The molecule has 0 bridgehead atoms. The average Bonchev–Trinajstić information content (AvgIpc) is 2.28. The molecule has 1 saturated heterocycles. The maximum absolute atomic E-state index is 11.5. The van der Waals surface area contributed by atoms with Gasteiger partial charge in [0.25, 0.3) is 0 Å². The Kier molecular flexibility index (Phi) is 4.74. The van der Waals surface area contributed by atoms with Crippen LogP contribution in [-0.4, -0.2) is 41.6 Å². The highest BCUT2D eigenvalue weighted by Crippen LogP contribution is 2.02. The van der Waals surface area contributed by atoms with E-state index in [-0.39, 0.29) is 5.91 Å². The van der Waals surface area contributed by atoms with E-state index in [1.54, 1.807) is 6.92 Å². The Morgan fingerprint density at radius 3 is 2.82 bits per heavy atom. The number of carbonyl (C=O) groups is 3. The third-order valence-electron chi connectivity index (χ3n) is 2.60.